The molecular weight excluding hydrogens is 396 g/mol. The normalized spacial score (nSPS) is 17.1. The summed E-state index contributed by atoms with van der Waals surface area (Å²) in [6, 6.07) is 5.34. The number of ether oxygens (including phenoxy) is 1. The molecule has 0 saturated carbocycles. The number of rotatable bonds is 7. The summed E-state index contributed by atoms with van der Waals surface area (Å²) in [5.41, 5.74) is 2.32. The fourth-order valence-electron chi connectivity index (χ4n) is 3.62. The maximum atomic E-state index is 12.9. The van der Waals surface area contributed by atoms with Crippen LogP contribution in [-0.2, 0) is 42.0 Å². The molecule has 9 heteroatoms. The lowest BCUT2D eigenvalue weighted by molar-refractivity contribution is -0.152. The molecule has 0 spiro atoms. The van der Waals surface area contributed by atoms with Crippen LogP contribution in [0.2, 0.25) is 0 Å². The molecule has 0 bridgehead atoms. The third kappa shape index (κ3) is 5.22. The van der Waals surface area contributed by atoms with Gasteiger partial charge in [0, 0.05) is 32.6 Å². The third-order valence-electron chi connectivity index (χ3n) is 5.34. The van der Waals surface area contributed by atoms with Crippen LogP contribution >= 0.6 is 0 Å². The van der Waals surface area contributed by atoms with Crippen LogP contribution in [0.4, 0.5) is 0 Å². The van der Waals surface area contributed by atoms with Crippen molar-refractivity contribution in [3.8, 4) is 0 Å². The van der Waals surface area contributed by atoms with E-state index in [1.807, 2.05) is 6.07 Å². The lowest BCUT2D eigenvalue weighted by Crippen LogP contribution is -2.51. The number of hydrogen-bond acceptors (Lipinski definition) is 6. The van der Waals surface area contributed by atoms with E-state index in [0.29, 0.717) is 4.90 Å². The smallest absolute Gasteiger partial charge is 0.306 e. The molecule has 0 radical (unpaired) electrons. The van der Waals surface area contributed by atoms with Crippen molar-refractivity contribution < 1.29 is 27.5 Å². The van der Waals surface area contributed by atoms with E-state index < -0.39 is 22.6 Å². The summed E-state index contributed by atoms with van der Waals surface area (Å²) in [5.74, 6) is -1.07. The predicted molar refractivity (Wildman–Crippen MR) is 105 cm³/mol. The lowest BCUT2D eigenvalue weighted by Gasteiger charge is -2.34. The van der Waals surface area contributed by atoms with Crippen molar-refractivity contribution in [2.45, 2.75) is 43.9 Å². The SMILES string of the molecule is CC(=O)CCC(=O)OCC(=O)N1CCN(S(=O)(=O)c2ccc3c(c2)CCC3)CC1. The Morgan fingerprint density at radius 3 is 2.38 bits per heavy atom. The van der Waals surface area contributed by atoms with E-state index in [2.05, 4.69) is 0 Å². The number of piperazine rings is 1. The zero-order valence-electron chi connectivity index (χ0n) is 16.6. The summed E-state index contributed by atoms with van der Waals surface area (Å²) >= 11 is 0. The molecule has 1 aliphatic heterocycles. The average molecular weight is 423 g/mol. The number of esters is 1. The number of hydrogen-bond donors (Lipinski definition) is 0. The van der Waals surface area contributed by atoms with Crippen molar-refractivity contribution in [3.05, 3.63) is 29.3 Å². The molecule has 3 rings (SSSR count). The van der Waals surface area contributed by atoms with Crippen LogP contribution in [0.1, 0.15) is 37.3 Å². The van der Waals surface area contributed by atoms with Crippen LogP contribution in [0.15, 0.2) is 23.1 Å². The van der Waals surface area contributed by atoms with Gasteiger partial charge in [-0.1, -0.05) is 6.07 Å². The summed E-state index contributed by atoms with van der Waals surface area (Å²) in [4.78, 5) is 36.4. The van der Waals surface area contributed by atoms with Crippen molar-refractivity contribution in [2.75, 3.05) is 32.8 Å². The second kappa shape index (κ2) is 9.04. The molecule has 1 aromatic carbocycles. The van der Waals surface area contributed by atoms with Crippen LogP contribution in [0.25, 0.3) is 0 Å². The summed E-state index contributed by atoms with van der Waals surface area (Å²) in [6.45, 7) is 1.87. The van der Waals surface area contributed by atoms with Crippen molar-refractivity contribution in [3.63, 3.8) is 0 Å². The van der Waals surface area contributed by atoms with Gasteiger partial charge in [0.05, 0.1) is 11.3 Å². The molecule has 2 aliphatic rings. The van der Waals surface area contributed by atoms with Crippen LogP contribution in [0, 0.1) is 0 Å². The molecule has 1 saturated heterocycles. The second-order valence-electron chi connectivity index (χ2n) is 7.43. The molecule has 0 unspecified atom stereocenters. The molecule has 0 N–H and O–H groups in total. The number of aryl methyl sites for hydroxylation is 2. The number of ketones is 1. The van der Waals surface area contributed by atoms with Gasteiger partial charge in [-0.15, -0.1) is 0 Å². The number of sulfonamides is 1. The summed E-state index contributed by atoms with van der Waals surface area (Å²) in [5, 5.41) is 0. The first kappa shape index (κ1) is 21.4. The predicted octanol–water partition coefficient (Wildman–Crippen LogP) is 0.921. The molecule has 1 heterocycles. The Morgan fingerprint density at radius 1 is 1.00 bits per heavy atom. The molecule has 8 nitrogen and oxygen atoms in total. The van der Waals surface area contributed by atoms with Gasteiger partial charge in [-0.2, -0.15) is 4.31 Å². The zero-order chi connectivity index (χ0) is 21.0. The Bertz CT molecular complexity index is 904. The molecule has 0 atom stereocenters. The first-order valence-corrected chi connectivity index (χ1v) is 11.3. The number of carbonyl (C=O) groups is 3. The number of nitrogens with zero attached hydrogens (tertiary/aromatic N) is 2. The van der Waals surface area contributed by atoms with Gasteiger partial charge in [0.25, 0.3) is 5.91 Å². The number of Topliss-reactive ketones (excluding diaryl/α,β-unsaturated/α-hetero) is 1. The Balaban J connectivity index is 1.51. The van der Waals surface area contributed by atoms with E-state index in [9.17, 15) is 22.8 Å². The van der Waals surface area contributed by atoms with Gasteiger partial charge in [-0.05, 0) is 49.4 Å². The van der Waals surface area contributed by atoms with Gasteiger partial charge in [0.1, 0.15) is 5.78 Å². The van der Waals surface area contributed by atoms with E-state index in [4.69, 9.17) is 4.74 Å². The second-order valence-corrected chi connectivity index (χ2v) is 9.37. The summed E-state index contributed by atoms with van der Waals surface area (Å²) in [7, 11) is -3.60. The largest absolute Gasteiger partial charge is 0.456 e. The zero-order valence-corrected chi connectivity index (χ0v) is 17.4. The van der Waals surface area contributed by atoms with Gasteiger partial charge >= 0.3 is 5.97 Å². The van der Waals surface area contributed by atoms with Crippen molar-refractivity contribution >= 4 is 27.7 Å². The monoisotopic (exact) mass is 422 g/mol. The highest BCUT2D eigenvalue weighted by Gasteiger charge is 2.31. The number of amides is 1. The molecule has 0 aromatic heterocycles. The Labute approximate surface area is 170 Å². The van der Waals surface area contributed by atoms with Crippen LogP contribution in [0.5, 0.6) is 0 Å². The highest BCUT2D eigenvalue weighted by molar-refractivity contribution is 7.89. The van der Waals surface area contributed by atoms with E-state index in [1.165, 1.54) is 21.7 Å². The standard InChI is InChI=1S/C20H26N2O6S/c1-15(23)5-8-20(25)28-14-19(24)21-9-11-22(12-10-21)29(26,27)18-7-6-16-3-2-4-17(16)13-18/h6-7,13H,2-5,8-12,14H2,1H3. The van der Waals surface area contributed by atoms with Crippen LogP contribution in [0.3, 0.4) is 0 Å². The number of carbonyl (C=O) groups excluding carboxylic acids is 3. The van der Waals surface area contributed by atoms with Crippen LogP contribution < -0.4 is 0 Å². The minimum absolute atomic E-state index is 0.0462. The topological polar surface area (TPSA) is 101 Å². The van der Waals surface area contributed by atoms with E-state index >= 15 is 0 Å². The molecule has 1 aromatic rings. The first-order valence-electron chi connectivity index (χ1n) is 9.82. The highest BCUT2D eigenvalue weighted by atomic mass is 32.2. The van der Waals surface area contributed by atoms with Crippen molar-refractivity contribution in [1.29, 1.82) is 0 Å². The van der Waals surface area contributed by atoms with E-state index in [-0.39, 0.29) is 50.7 Å². The Morgan fingerprint density at radius 2 is 1.69 bits per heavy atom. The summed E-state index contributed by atoms with van der Waals surface area (Å²) in [6.07, 6.45) is 3.00. The van der Waals surface area contributed by atoms with E-state index in [0.717, 1.165) is 24.8 Å². The Kier molecular flexibility index (Phi) is 6.69. The van der Waals surface area contributed by atoms with Crippen molar-refractivity contribution in [1.82, 2.24) is 9.21 Å². The molecule has 158 valence electrons. The molecule has 1 fully saturated rings. The van der Waals surface area contributed by atoms with Gasteiger partial charge in [0.15, 0.2) is 6.61 Å². The molecular formula is C20H26N2O6S. The van der Waals surface area contributed by atoms with Crippen LogP contribution in [-0.4, -0.2) is 68.1 Å². The third-order valence-corrected chi connectivity index (χ3v) is 7.23. The minimum Gasteiger partial charge on any atom is -0.456 e. The first-order chi connectivity index (χ1) is 13.8. The fraction of sp³-hybridized carbons (Fsp3) is 0.550. The number of benzene rings is 1. The van der Waals surface area contributed by atoms with Gasteiger partial charge in [-0.25, -0.2) is 8.42 Å². The highest BCUT2D eigenvalue weighted by Crippen LogP contribution is 2.26. The minimum atomic E-state index is -3.60. The molecule has 29 heavy (non-hydrogen) atoms. The fourth-order valence-corrected chi connectivity index (χ4v) is 5.09. The molecule has 1 amide bonds. The molecule has 1 aliphatic carbocycles. The van der Waals surface area contributed by atoms with Gasteiger partial charge < -0.3 is 14.4 Å². The van der Waals surface area contributed by atoms with Gasteiger partial charge in [0.2, 0.25) is 10.0 Å². The maximum Gasteiger partial charge on any atom is 0.306 e. The van der Waals surface area contributed by atoms with Crippen molar-refractivity contribution in [2.24, 2.45) is 0 Å². The van der Waals surface area contributed by atoms with E-state index in [1.54, 1.807) is 12.1 Å². The lowest BCUT2D eigenvalue weighted by atomic mass is 10.1. The van der Waals surface area contributed by atoms with Gasteiger partial charge in [-0.3, -0.25) is 9.59 Å². The summed E-state index contributed by atoms with van der Waals surface area (Å²) < 4.78 is 32.2. The quantitative estimate of drug-likeness (QED) is 0.606. The maximum absolute atomic E-state index is 12.9. The Hall–Kier alpha value is -2.26. The average Bonchev–Trinajstić information content (AvgIpc) is 3.18. The number of fused-ring (bicyclic) bond motifs is 1.